The van der Waals surface area contributed by atoms with Gasteiger partial charge in [0.05, 0.1) is 19.2 Å². The van der Waals surface area contributed by atoms with E-state index in [2.05, 4.69) is 15.3 Å². The van der Waals surface area contributed by atoms with Crippen LogP contribution in [0.1, 0.15) is 5.69 Å². The van der Waals surface area contributed by atoms with Gasteiger partial charge in [-0.1, -0.05) is 0 Å². The molecule has 3 aromatic rings. The first kappa shape index (κ1) is 18.5. The van der Waals surface area contributed by atoms with Gasteiger partial charge in [-0.3, -0.25) is 14.6 Å². The zero-order valence-electron chi connectivity index (χ0n) is 14.5. The fourth-order valence-corrected chi connectivity index (χ4v) is 3.04. The third-order valence-corrected chi connectivity index (χ3v) is 4.46. The topological polar surface area (TPSA) is 90.4 Å². The number of methoxy groups -OCH3 is 1. The number of esters is 1. The van der Waals surface area contributed by atoms with Crippen molar-refractivity contribution in [1.29, 1.82) is 0 Å². The molecule has 27 heavy (non-hydrogen) atoms. The van der Waals surface area contributed by atoms with Gasteiger partial charge < -0.3 is 14.8 Å². The van der Waals surface area contributed by atoms with E-state index >= 15 is 0 Å². The lowest BCUT2D eigenvalue weighted by atomic mass is 10.3. The van der Waals surface area contributed by atoms with Crippen molar-refractivity contribution in [2.75, 3.05) is 19.0 Å². The Balaban J connectivity index is 1.46. The first-order chi connectivity index (χ1) is 13.1. The molecule has 7 nitrogen and oxygen atoms in total. The SMILES string of the molecule is COc1ccc(NC(=O)COC(=O)Cc2csc(-c3cccnc3)n2)cc1. The summed E-state index contributed by atoms with van der Waals surface area (Å²) < 4.78 is 10.1. The summed E-state index contributed by atoms with van der Waals surface area (Å²) in [6.45, 7) is -0.357. The van der Waals surface area contributed by atoms with E-state index in [-0.39, 0.29) is 13.0 Å². The monoisotopic (exact) mass is 383 g/mol. The van der Waals surface area contributed by atoms with Crippen LogP contribution in [0.4, 0.5) is 5.69 Å². The van der Waals surface area contributed by atoms with E-state index in [4.69, 9.17) is 9.47 Å². The summed E-state index contributed by atoms with van der Waals surface area (Å²) in [4.78, 5) is 32.2. The van der Waals surface area contributed by atoms with Gasteiger partial charge >= 0.3 is 5.97 Å². The summed E-state index contributed by atoms with van der Waals surface area (Å²) in [6.07, 6.45) is 3.41. The number of nitrogens with zero attached hydrogens (tertiary/aromatic N) is 2. The van der Waals surface area contributed by atoms with Gasteiger partial charge in [-0.25, -0.2) is 4.98 Å². The number of hydrogen-bond acceptors (Lipinski definition) is 7. The molecule has 0 atom stereocenters. The molecule has 2 heterocycles. The molecule has 0 saturated heterocycles. The molecule has 0 radical (unpaired) electrons. The average Bonchev–Trinajstić information content (AvgIpc) is 3.16. The lowest BCUT2D eigenvalue weighted by Crippen LogP contribution is -2.21. The highest BCUT2D eigenvalue weighted by atomic mass is 32.1. The molecule has 0 bridgehead atoms. The zero-order chi connectivity index (χ0) is 19.1. The minimum Gasteiger partial charge on any atom is -0.497 e. The van der Waals surface area contributed by atoms with Crippen molar-refractivity contribution in [1.82, 2.24) is 9.97 Å². The summed E-state index contributed by atoms with van der Waals surface area (Å²) in [5.74, 6) is -0.237. The highest BCUT2D eigenvalue weighted by Crippen LogP contribution is 2.22. The number of carbonyl (C=O) groups is 2. The molecule has 3 rings (SSSR count). The van der Waals surface area contributed by atoms with Crippen molar-refractivity contribution in [3.05, 3.63) is 59.9 Å². The molecule has 1 N–H and O–H groups in total. The van der Waals surface area contributed by atoms with Crippen molar-refractivity contribution in [3.8, 4) is 16.3 Å². The summed E-state index contributed by atoms with van der Waals surface area (Å²) in [6, 6.07) is 10.6. The molecule has 1 aromatic carbocycles. The molecule has 2 aromatic heterocycles. The van der Waals surface area contributed by atoms with E-state index in [0.29, 0.717) is 17.1 Å². The van der Waals surface area contributed by atoms with Crippen molar-refractivity contribution in [2.24, 2.45) is 0 Å². The standard InChI is InChI=1S/C19H17N3O4S/c1-25-16-6-4-14(5-7-16)21-17(23)11-26-18(24)9-15-12-27-19(22-15)13-3-2-8-20-10-13/h2-8,10,12H,9,11H2,1H3,(H,21,23). The van der Waals surface area contributed by atoms with Gasteiger partial charge in [-0.05, 0) is 36.4 Å². The van der Waals surface area contributed by atoms with Crippen LogP contribution in [0.25, 0.3) is 10.6 Å². The second kappa shape index (κ2) is 8.91. The first-order valence-electron chi connectivity index (χ1n) is 8.08. The Morgan fingerprint density at radius 2 is 2.00 bits per heavy atom. The Morgan fingerprint density at radius 1 is 1.19 bits per heavy atom. The van der Waals surface area contributed by atoms with Crippen LogP contribution >= 0.6 is 11.3 Å². The second-order valence-electron chi connectivity index (χ2n) is 5.50. The van der Waals surface area contributed by atoms with E-state index in [9.17, 15) is 9.59 Å². The number of amides is 1. The highest BCUT2D eigenvalue weighted by Gasteiger charge is 2.12. The molecular weight excluding hydrogens is 366 g/mol. The van der Waals surface area contributed by atoms with E-state index in [0.717, 1.165) is 10.6 Å². The van der Waals surface area contributed by atoms with Crippen LogP contribution in [0.3, 0.4) is 0 Å². The third-order valence-electron chi connectivity index (χ3n) is 3.52. The number of hydrogen-bond donors (Lipinski definition) is 1. The maximum Gasteiger partial charge on any atom is 0.312 e. The van der Waals surface area contributed by atoms with Crippen molar-refractivity contribution in [2.45, 2.75) is 6.42 Å². The number of pyridine rings is 1. The van der Waals surface area contributed by atoms with Crippen LogP contribution in [-0.4, -0.2) is 35.6 Å². The Bertz CT molecular complexity index is 910. The van der Waals surface area contributed by atoms with Crippen LogP contribution in [0.5, 0.6) is 5.75 Å². The van der Waals surface area contributed by atoms with Crippen LogP contribution in [-0.2, 0) is 20.7 Å². The number of aromatic nitrogens is 2. The highest BCUT2D eigenvalue weighted by molar-refractivity contribution is 7.13. The normalized spacial score (nSPS) is 10.3. The minimum absolute atomic E-state index is 0.00653. The summed E-state index contributed by atoms with van der Waals surface area (Å²) in [5, 5.41) is 5.22. The van der Waals surface area contributed by atoms with Crippen LogP contribution in [0.15, 0.2) is 54.2 Å². The molecule has 0 aliphatic carbocycles. The molecule has 8 heteroatoms. The number of ether oxygens (including phenoxy) is 2. The predicted molar refractivity (Wildman–Crippen MR) is 102 cm³/mol. The van der Waals surface area contributed by atoms with E-state index in [1.165, 1.54) is 11.3 Å². The Hall–Kier alpha value is -3.26. The fraction of sp³-hybridized carbons (Fsp3) is 0.158. The molecule has 0 aliphatic heterocycles. The van der Waals surface area contributed by atoms with Crippen LogP contribution in [0, 0.1) is 0 Å². The molecule has 0 fully saturated rings. The largest absolute Gasteiger partial charge is 0.497 e. The third kappa shape index (κ3) is 5.35. The van der Waals surface area contributed by atoms with Gasteiger partial charge in [-0.15, -0.1) is 11.3 Å². The lowest BCUT2D eigenvalue weighted by Gasteiger charge is -2.07. The lowest BCUT2D eigenvalue weighted by molar-refractivity contribution is -0.146. The Kier molecular flexibility index (Phi) is 6.11. The van der Waals surface area contributed by atoms with E-state index in [1.54, 1.807) is 49.1 Å². The smallest absolute Gasteiger partial charge is 0.312 e. The average molecular weight is 383 g/mol. The maximum absolute atomic E-state index is 11.9. The Morgan fingerprint density at radius 3 is 2.70 bits per heavy atom. The number of nitrogens with one attached hydrogen (secondary N) is 1. The molecule has 0 aliphatic rings. The maximum atomic E-state index is 11.9. The van der Waals surface area contributed by atoms with Gasteiger partial charge in [0.15, 0.2) is 6.61 Å². The first-order valence-corrected chi connectivity index (χ1v) is 8.96. The number of benzene rings is 1. The van der Waals surface area contributed by atoms with Crippen molar-refractivity contribution >= 4 is 28.9 Å². The van der Waals surface area contributed by atoms with Gasteiger partial charge in [-0.2, -0.15) is 0 Å². The summed E-state index contributed by atoms with van der Waals surface area (Å²) in [7, 11) is 1.56. The van der Waals surface area contributed by atoms with E-state index < -0.39 is 11.9 Å². The molecule has 0 spiro atoms. The number of thiazole rings is 1. The van der Waals surface area contributed by atoms with Gasteiger partial charge in [0.25, 0.3) is 5.91 Å². The zero-order valence-corrected chi connectivity index (χ0v) is 15.4. The number of carbonyl (C=O) groups excluding carboxylic acids is 2. The Labute approximate surface area is 160 Å². The summed E-state index contributed by atoms with van der Waals surface area (Å²) >= 11 is 1.43. The van der Waals surface area contributed by atoms with Crippen molar-refractivity contribution in [3.63, 3.8) is 0 Å². The molecule has 138 valence electrons. The van der Waals surface area contributed by atoms with Gasteiger partial charge in [0.1, 0.15) is 10.8 Å². The minimum atomic E-state index is -0.511. The number of rotatable bonds is 7. The fourth-order valence-electron chi connectivity index (χ4n) is 2.23. The van der Waals surface area contributed by atoms with Gasteiger partial charge in [0.2, 0.25) is 0 Å². The predicted octanol–water partition coefficient (Wildman–Crippen LogP) is 2.94. The summed E-state index contributed by atoms with van der Waals surface area (Å²) in [5.41, 5.74) is 2.08. The number of anilines is 1. The van der Waals surface area contributed by atoms with Crippen LogP contribution in [0.2, 0.25) is 0 Å². The molecule has 0 saturated carbocycles. The van der Waals surface area contributed by atoms with Crippen LogP contribution < -0.4 is 10.1 Å². The molecule has 1 amide bonds. The van der Waals surface area contributed by atoms with E-state index in [1.807, 2.05) is 12.1 Å². The quantitative estimate of drug-likeness (QED) is 0.631. The second-order valence-corrected chi connectivity index (χ2v) is 6.36. The molecular formula is C19H17N3O4S. The molecule has 0 unspecified atom stereocenters. The van der Waals surface area contributed by atoms with Crippen molar-refractivity contribution < 1.29 is 19.1 Å². The van der Waals surface area contributed by atoms with Gasteiger partial charge in [0, 0.05) is 29.0 Å².